The maximum atomic E-state index is 14.6. The molecule has 2 aliphatic heterocycles. The average molecular weight is 372 g/mol. The van der Waals surface area contributed by atoms with E-state index in [1.165, 1.54) is 25.8 Å². The van der Waals surface area contributed by atoms with Crippen LogP contribution in [-0.4, -0.2) is 42.1 Å². The SMILES string of the molecule is NC(=S)c1ccc(N2CCN3CCCCC3C2)c(F)c1Br. The summed E-state index contributed by atoms with van der Waals surface area (Å²) in [4.78, 5) is 4.90. The lowest BCUT2D eigenvalue weighted by Gasteiger charge is -2.45. The van der Waals surface area contributed by atoms with Gasteiger partial charge in [0, 0.05) is 31.2 Å². The summed E-state index contributed by atoms with van der Waals surface area (Å²) in [6.45, 7) is 3.96. The molecule has 1 aromatic carbocycles. The van der Waals surface area contributed by atoms with E-state index in [2.05, 4.69) is 25.7 Å². The third-order valence-electron chi connectivity index (χ3n) is 4.51. The topological polar surface area (TPSA) is 32.5 Å². The number of anilines is 1. The molecule has 0 saturated carbocycles. The number of thiocarbonyl (C=S) groups is 1. The van der Waals surface area contributed by atoms with Gasteiger partial charge in [0.15, 0.2) is 5.82 Å². The van der Waals surface area contributed by atoms with Crippen molar-refractivity contribution >= 4 is 38.8 Å². The van der Waals surface area contributed by atoms with Crippen LogP contribution in [-0.2, 0) is 0 Å². The van der Waals surface area contributed by atoms with Crippen molar-refractivity contribution < 1.29 is 4.39 Å². The summed E-state index contributed by atoms with van der Waals surface area (Å²) in [7, 11) is 0. The third-order valence-corrected chi connectivity index (χ3v) is 5.50. The number of nitrogens with zero attached hydrogens (tertiary/aromatic N) is 2. The molecule has 1 aromatic rings. The van der Waals surface area contributed by atoms with E-state index < -0.39 is 0 Å². The van der Waals surface area contributed by atoms with Crippen molar-refractivity contribution in [2.45, 2.75) is 25.3 Å². The van der Waals surface area contributed by atoms with E-state index in [0.717, 1.165) is 19.6 Å². The van der Waals surface area contributed by atoms with E-state index in [1.807, 2.05) is 0 Å². The maximum Gasteiger partial charge on any atom is 0.161 e. The second kappa shape index (κ2) is 6.18. The molecule has 0 aromatic heterocycles. The lowest BCUT2D eigenvalue weighted by atomic mass is 9.99. The number of hydrogen-bond donors (Lipinski definition) is 1. The highest BCUT2D eigenvalue weighted by atomic mass is 79.9. The van der Waals surface area contributed by atoms with Gasteiger partial charge in [-0.05, 0) is 47.4 Å². The number of hydrogen-bond acceptors (Lipinski definition) is 3. The van der Waals surface area contributed by atoms with Gasteiger partial charge in [-0.15, -0.1) is 0 Å². The summed E-state index contributed by atoms with van der Waals surface area (Å²) in [5.41, 5.74) is 6.82. The highest BCUT2D eigenvalue weighted by molar-refractivity contribution is 9.10. The monoisotopic (exact) mass is 371 g/mol. The Kier molecular flexibility index (Phi) is 4.47. The largest absolute Gasteiger partial charge is 0.389 e. The zero-order chi connectivity index (χ0) is 15.0. The smallest absolute Gasteiger partial charge is 0.161 e. The predicted molar refractivity (Wildman–Crippen MR) is 91.4 cm³/mol. The molecular weight excluding hydrogens is 353 g/mol. The second-order valence-electron chi connectivity index (χ2n) is 5.76. The molecule has 0 aliphatic carbocycles. The van der Waals surface area contributed by atoms with E-state index >= 15 is 0 Å². The second-order valence-corrected chi connectivity index (χ2v) is 6.99. The Balaban J connectivity index is 1.84. The Morgan fingerprint density at radius 2 is 2.10 bits per heavy atom. The lowest BCUT2D eigenvalue weighted by molar-refractivity contribution is 0.133. The van der Waals surface area contributed by atoms with Gasteiger partial charge in [0.25, 0.3) is 0 Å². The van der Waals surface area contributed by atoms with Crippen LogP contribution in [0.25, 0.3) is 0 Å². The summed E-state index contributed by atoms with van der Waals surface area (Å²) in [5.74, 6) is -0.260. The molecule has 2 N–H and O–H groups in total. The highest BCUT2D eigenvalue weighted by Crippen LogP contribution is 2.32. The minimum atomic E-state index is -0.260. The van der Waals surface area contributed by atoms with Crippen LogP contribution in [0.1, 0.15) is 24.8 Å². The Morgan fingerprint density at radius 3 is 2.86 bits per heavy atom. The van der Waals surface area contributed by atoms with Gasteiger partial charge in [-0.2, -0.15) is 0 Å². The zero-order valence-corrected chi connectivity index (χ0v) is 14.2. The molecule has 21 heavy (non-hydrogen) atoms. The standard InChI is InChI=1S/C15H19BrFN3S/c16-13-11(15(18)21)4-5-12(14(13)17)20-8-7-19-6-2-1-3-10(19)9-20/h4-5,10H,1-3,6-9H2,(H2,18,21). The first-order valence-corrected chi connectivity index (χ1v) is 8.55. The number of piperazine rings is 1. The van der Waals surface area contributed by atoms with Gasteiger partial charge in [-0.1, -0.05) is 18.6 Å². The van der Waals surface area contributed by atoms with Crippen molar-refractivity contribution in [2.75, 3.05) is 31.1 Å². The lowest BCUT2D eigenvalue weighted by Crippen LogP contribution is -2.55. The number of rotatable bonds is 2. The molecular formula is C15H19BrFN3S. The molecule has 6 heteroatoms. The zero-order valence-electron chi connectivity index (χ0n) is 11.8. The van der Waals surface area contributed by atoms with Crippen LogP contribution in [0.5, 0.6) is 0 Å². The average Bonchev–Trinajstić information content (AvgIpc) is 2.49. The molecule has 0 amide bonds. The summed E-state index contributed by atoms with van der Waals surface area (Å²) in [6.07, 6.45) is 3.78. The van der Waals surface area contributed by atoms with Gasteiger partial charge in [-0.25, -0.2) is 4.39 Å². The Bertz CT molecular complexity index is 566. The van der Waals surface area contributed by atoms with Gasteiger partial charge in [0.05, 0.1) is 10.2 Å². The molecule has 1 atom stereocenters. The van der Waals surface area contributed by atoms with E-state index in [0.29, 0.717) is 21.8 Å². The van der Waals surface area contributed by atoms with Crippen LogP contribution in [0, 0.1) is 5.82 Å². The highest BCUT2D eigenvalue weighted by Gasteiger charge is 2.30. The van der Waals surface area contributed by atoms with Gasteiger partial charge in [0.2, 0.25) is 0 Å². The van der Waals surface area contributed by atoms with Crippen LogP contribution >= 0.6 is 28.1 Å². The van der Waals surface area contributed by atoms with E-state index in [1.54, 1.807) is 12.1 Å². The Labute approximate surface area is 138 Å². The minimum Gasteiger partial charge on any atom is -0.389 e. The first-order valence-electron chi connectivity index (χ1n) is 7.34. The number of benzene rings is 1. The number of halogens is 2. The van der Waals surface area contributed by atoms with Crippen molar-refractivity contribution in [3.05, 3.63) is 28.0 Å². The summed E-state index contributed by atoms with van der Waals surface area (Å²) < 4.78 is 15.0. The van der Waals surface area contributed by atoms with Crippen molar-refractivity contribution in [3.63, 3.8) is 0 Å². The van der Waals surface area contributed by atoms with Crippen molar-refractivity contribution in [1.29, 1.82) is 0 Å². The van der Waals surface area contributed by atoms with Crippen LogP contribution in [0.2, 0.25) is 0 Å². The van der Waals surface area contributed by atoms with E-state index in [4.69, 9.17) is 18.0 Å². The van der Waals surface area contributed by atoms with Crippen LogP contribution in [0.15, 0.2) is 16.6 Å². The fourth-order valence-corrected chi connectivity index (χ4v) is 4.20. The summed E-state index contributed by atoms with van der Waals surface area (Å²) in [5, 5.41) is 0. The molecule has 2 heterocycles. The van der Waals surface area contributed by atoms with E-state index in [9.17, 15) is 4.39 Å². The van der Waals surface area contributed by atoms with Crippen LogP contribution in [0.4, 0.5) is 10.1 Å². The first kappa shape index (κ1) is 15.2. The van der Waals surface area contributed by atoms with Crippen LogP contribution < -0.4 is 10.6 Å². The van der Waals surface area contributed by atoms with E-state index in [-0.39, 0.29) is 10.8 Å². The normalized spacial score (nSPS) is 23.0. The van der Waals surface area contributed by atoms with Crippen molar-refractivity contribution in [1.82, 2.24) is 4.90 Å². The molecule has 2 aliphatic rings. The van der Waals surface area contributed by atoms with Gasteiger partial charge in [0.1, 0.15) is 4.99 Å². The molecule has 2 saturated heterocycles. The Morgan fingerprint density at radius 1 is 1.29 bits per heavy atom. The van der Waals surface area contributed by atoms with Crippen molar-refractivity contribution in [3.8, 4) is 0 Å². The number of piperidine rings is 1. The van der Waals surface area contributed by atoms with Gasteiger partial charge in [-0.3, -0.25) is 4.90 Å². The minimum absolute atomic E-state index is 0.212. The molecule has 0 radical (unpaired) electrons. The molecule has 1 unspecified atom stereocenters. The van der Waals surface area contributed by atoms with Crippen LogP contribution in [0.3, 0.4) is 0 Å². The first-order chi connectivity index (χ1) is 10.1. The predicted octanol–water partition coefficient (Wildman–Crippen LogP) is 2.90. The molecule has 0 spiro atoms. The Hall–Kier alpha value is -0.720. The summed E-state index contributed by atoms with van der Waals surface area (Å²) in [6, 6.07) is 4.16. The van der Waals surface area contributed by atoms with Gasteiger partial charge >= 0.3 is 0 Å². The molecule has 3 rings (SSSR count). The van der Waals surface area contributed by atoms with Gasteiger partial charge < -0.3 is 10.6 Å². The fourth-order valence-electron chi connectivity index (χ4n) is 3.35. The number of nitrogens with two attached hydrogens (primary N) is 1. The quantitative estimate of drug-likeness (QED) is 0.810. The summed E-state index contributed by atoms with van der Waals surface area (Å²) >= 11 is 8.23. The third kappa shape index (κ3) is 2.94. The number of fused-ring (bicyclic) bond motifs is 1. The fraction of sp³-hybridized carbons (Fsp3) is 0.533. The molecule has 114 valence electrons. The van der Waals surface area contributed by atoms with Crippen molar-refractivity contribution in [2.24, 2.45) is 5.73 Å². The molecule has 2 fully saturated rings. The molecule has 3 nitrogen and oxygen atoms in total. The molecule has 0 bridgehead atoms. The maximum absolute atomic E-state index is 14.6.